The molecule has 0 spiro atoms. The number of rotatable bonds is 8. The third kappa shape index (κ3) is 4.71. The SMILES string of the molecule is COC(=O)C(CC#N)CCC1(C)C(=O)N(Cc2ccc(Cl)cc2)C(c2ccccc2)=C1C. The summed E-state index contributed by atoms with van der Waals surface area (Å²) in [5.74, 6) is -0.971. The Morgan fingerprint density at radius 3 is 2.44 bits per heavy atom. The largest absolute Gasteiger partial charge is 0.469 e. The topological polar surface area (TPSA) is 70.4 Å². The molecule has 0 bridgehead atoms. The first kappa shape index (κ1) is 23.6. The Labute approximate surface area is 194 Å². The molecule has 2 aromatic carbocycles. The van der Waals surface area contributed by atoms with E-state index < -0.39 is 17.3 Å². The molecule has 5 nitrogen and oxygen atoms in total. The van der Waals surface area contributed by atoms with E-state index in [-0.39, 0.29) is 12.3 Å². The van der Waals surface area contributed by atoms with Crippen molar-refractivity contribution in [1.29, 1.82) is 5.26 Å². The Morgan fingerprint density at radius 2 is 1.84 bits per heavy atom. The highest BCUT2D eigenvalue weighted by Gasteiger charge is 2.47. The van der Waals surface area contributed by atoms with Crippen LogP contribution in [-0.2, 0) is 20.9 Å². The summed E-state index contributed by atoms with van der Waals surface area (Å²) in [4.78, 5) is 27.7. The van der Waals surface area contributed by atoms with Gasteiger partial charge in [-0.1, -0.05) is 54.1 Å². The van der Waals surface area contributed by atoms with Gasteiger partial charge < -0.3 is 9.64 Å². The van der Waals surface area contributed by atoms with Crippen LogP contribution in [0.15, 0.2) is 60.2 Å². The first-order valence-corrected chi connectivity index (χ1v) is 11.0. The van der Waals surface area contributed by atoms with Gasteiger partial charge in [-0.15, -0.1) is 0 Å². The van der Waals surface area contributed by atoms with Crippen LogP contribution in [0.3, 0.4) is 0 Å². The summed E-state index contributed by atoms with van der Waals surface area (Å²) in [5, 5.41) is 9.75. The Bertz CT molecular complexity index is 1060. The van der Waals surface area contributed by atoms with Gasteiger partial charge in [-0.05, 0) is 55.5 Å². The lowest BCUT2D eigenvalue weighted by Crippen LogP contribution is -2.35. The zero-order chi connectivity index (χ0) is 23.3. The van der Waals surface area contributed by atoms with Crippen LogP contribution in [0.4, 0.5) is 0 Å². The second kappa shape index (κ2) is 10.0. The van der Waals surface area contributed by atoms with Gasteiger partial charge in [-0.3, -0.25) is 9.59 Å². The monoisotopic (exact) mass is 450 g/mol. The second-order valence-electron chi connectivity index (χ2n) is 8.31. The van der Waals surface area contributed by atoms with Gasteiger partial charge in [0.25, 0.3) is 0 Å². The van der Waals surface area contributed by atoms with Crippen molar-refractivity contribution in [2.75, 3.05) is 7.11 Å². The van der Waals surface area contributed by atoms with Crippen LogP contribution in [0.1, 0.15) is 44.2 Å². The van der Waals surface area contributed by atoms with E-state index in [1.54, 1.807) is 0 Å². The third-order valence-electron chi connectivity index (χ3n) is 6.34. The predicted octanol–water partition coefficient (Wildman–Crippen LogP) is 5.60. The molecule has 1 heterocycles. The van der Waals surface area contributed by atoms with Gasteiger partial charge in [0.05, 0.1) is 36.8 Å². The number of carbonyl (C=O) groups excluding carboxylic acids is 2. The highest BCUT2D eigenvalue weighted by Crippen LogP contribution is 2.48. The quantitative estimate of drug-likeness (QED) is 0.490. The third-order valence-corrected chi connectivity index (χ3v) is 6.59. The fourth-order valence-corrected chi connectivity index (χ4v) is 4.38. The lowest BCUT2D eigenvalue weighted by Gasteiger charge is -2.27. The number of benzene rings is 2. The lowest BCUT2D eigenvalue weighted by atomic mass is 9.77. The molecule has 2 aromatic rings. The summed E-state index contributed by atoms with van der Waals surface area (Å²) in [6.45, 7) is 4.33. The van der Waals surface area contributed by atoms with Crippen molar-refractivity contribution >= 4 is 29.2 Å². The molecule has 166 valence electrons. The highest BCUT2D eigenvalue weighted by atomic mass is 35.5. The van der Waals surface area contributed by atoms with E-state index in [0.717, 1.165) is 22.4 Å². The first-order valence-electron chi connectivity index (χ1n) is 10.6. The number of hydrogen-bond donors (Lipinski definition) is 0. The predicted molar refractivity (Wildman–Crippen MR) is 124 cm³/mol. The van der Waals surface area contributed by atoms with E-state index in [2.05, 4.69) is 6.07 Å². The molecule has 0 radical (unpaired) electrons. The minimum absolute atomic E-state index is 0.00984. The number of amides is 1. The molecule has 0 N–H and O–H groups in total. The van der Waals surface area contributed by atoms with Gasteiger partial charge in [0.2, 0.25) is 5.91 Å². The van der Waals surface area contributed by atoms with Crippen molar-refractivity contribution in [2.45, 2.75) is 39.7 Å². The number of carbonyl (C=O) groups is 2. The zero-order valence-corrected chi connectivity index (χ0v) is 19.4. The molecule has 2 atom stereocenters. The van der Waals surface area contributed by atoms with Crippen molar-refractivity contribution in [1.82, 2.24) is 4.90 Å². The van der Waals surface area contributed by atoms with Gasteiger partial charge in [0, 0.05) is 11.4 Å². The molecule has 1 aliphatic heterocycles. The van der Waals surface area contributed by atoms with Crippen LogP contribution in [0.2, 0.25) is 5.02 Å². The zero-order valence-electron chi connectivity index (χ0n) is 18.6. The average molecular weight is 451 g/mol. The lowest BCUT2D eigenvalue weighted by molar-refractivity contribution is -0.146. The van der Waals surface area contributed by atoms with Crippen molar-refractivity contribution < 1.29 is 14.3 Å². The summed E-state index contributed by atoms with van der Waals surface area (Å²) >= 11 is 6.03. The molecule has 1 aliphatic rings. The maximum atomic E-state index is 13.8. The molecule has 0 saturated heterocycles. The molecule has 2 unspecified atom stereocenters. The Hall–Kier alpha value is -3.10. The van der Waals surface area contributed by atoms with Crippen LogP contribution in [0.25, 0.3) is 5.70 Å². The molecule has 6 heteroatoms. The number of nitrogens with zero attached hydrogens (tertiary/aromatic N) is 2. The van der Waals surface area contributed by atoms with Crippen molar-refractivity contribution in [3.05, 3.63) is 76.3 Å². The van der Waals surface area contributed by atoms with Crippen molar-refractivity contribution in [3.63, 3.8) is 0 Å². The molecule has 3 rings (SSSR count). The number of hydrogen-bond acceptors (Lipinski definition) is 4. The van der Waals surface area contributed by atoms with Crippen LogP contribution < -0.4 is 0 Å². The first-order chi connectivity index (χ1) is 15.3. The van der Waals surface area contributed by atoms with Crippen LogP contribution in [0, 0.1) is 22.7 Å². The molecular formula is C26H27ClN2O3. The summed E-state index contributed by atoms with van der Waals surface area (Å²) in [5.41, 5.74) is 3.02. The standard InChI is InChI=1S/C26H27ClN2O3/c1-18-23(20-7-5-4-6-8-20)29(17-19-9-11-22(27)12-10-19)25(31)26(18,2)15-13-21(14-16-28)24(30)32-3/h4-12,21H,13-15,17H2,1-3H3. The molecule has 0 saturated carbocycles. The minimum atomic E-state index is -0.778. The van der Waals surface area contributed by atoms with E-state index in [9.17, 15) is 9.59 Å². The number of methoxy groups -OCH3 is 1. The molecular weight excluding hydrogens is 424 g/mol. The smallest absolute Gasteiger partial charge is 0.309 e. The van der Waals surface area contributed by atoms with Gasteiger partial charge >= 0.3 is 5.97 Å². The van der Waals surface area contributed by atoms with Gasteiger partial charge in [0.1, 0.15) is 0 Å². The summed E-state index contributed by atoms with van der Waals surface area (Å²) in [6.07, 6.45) is 0.920. The Morgan fingerprint density at radius 1 is 1.19 bits per heavy atom. The minimum Gasteiger partial charge on any atom is -0.469 e. The molecule has 1 amide bonds. The van der Waals surface area contributed by atoms with Gasteiger partial charge in [-0.25, -0.2) is 0 Å². The van der Waals surface area contributed by atoms with E-state index in [1.165, 1.54) is 7.11 Å². The normalized spacial score (nSPS) is 19.1. The number of ether oxygens (including phenoxy) is 1. The summed E-state index contributed by atoms with van der Waals surface area (Å²) in [7, 11) is 1.32. The Balaban J connectivity index is 1.96. The maximum absolute atomic E-state index is 13.8. The van der Waals surface area contributed by atoms with E-state index in [1.807, 2.05) is 73.3 Å². The molecule has 32 heavy (non-hydrogen) atoms. The van der Waals surface area contributed by atoms with E-state index >= 15 is 0 Å². The Kier molecular flexibility index (Phi) is 7.37. The van der Waals surface area contributed by atoms with Gasteiger partial charge in [-0.2, -0.15) is 5.26 Å². The van der Waals surface area contributed by atoms with Crippen molar-refractivity contribution in [3.8, 4) is 6.07 Å². The number of esters is 1. The van der Waals surface area contributed by atoms with Crippen LogP contribution in [0.5, 0.6) is 0 Å². The number of nitriles is 1. The van der Waals surface area contributed by atoms with Gasteiger partial charge in [0.15, 0.2) is 0 Å². The number of halogens is 1. The van der Waals surface area contributed by atoms with Crippen LogP contribution in [-0.4, -0.2) is 23.9 Å². The molecule has 0 fully saturated rings. The molecule has 0 aliphatic carbocycles. The van der Waals surface area contributed by atoms with Crippen LogP contribution >= 0.6 is 11.6 Å². The van der Waals surface area contributed by atoms with Crippen molar-refractivity contribution in [2.24, 2.45) is 11.3 Å². The molecule has 0 aromatic heterocycles. The summed E-state index contributed by atoms with van der Waals surface area (Å²) < 4.78 is 4.86. The fraction of sp³-hybridized carbons (Fsp3) is 0.346. The average Bonchev–Trinajstić information content (AvgIpc) is 2.99. The summed E-state index contributed by atoms with van der Waals surface area (Å²) in [6, 6.07) is 19.4. The second-order valence-corrected chi connectivity index (χ2v) is 8.75. The van der Waals surface area contributed by atoms with E-state index in [0.29, 0.717) is 24.4 Å². The highest BCUT2D eigenvalue weighted by molar-refractivity contribution is 6.30. The van der Waals surface area contributed by atoms with E-state index in [4.69, 9.17) is 21.6 Å². The maximum Gasteiger partial charge on any atom is 0.309 e. The fourth-order valence-electron chi connectivity index (χ4n) is 4.25.